The molecule has 0 spiro atoms. The zero-order valence-corrected chi connectivity index (χ0v) is 15.4. The number of aryl methyl sites for hydroxylation is 1. The highest BCUT2D eigenvalue weighted by atomic mass is 19.2. The van der Waals surface area contributed by atoms with E-state index in [4.69, 9.17) is 0 Å². The Morgan fingerprint density at radius 2 is 2.00 bits per heavy atom. The van der Waals surface area contributed by atoms with Crippen LogP contribution in [0.5, 0.6) is 0 Å². The van der Waals surface area contributed by atoms with E-state index in [9.17, 15) is 13.6 Å². The molecule has 3 fully saturated rings. The van der Waals surface area contributed by atoms with Crippen LogP contribution in [0.3, 0.4) is 0 Å². The number of carbonyl (C=O) groups excluding carboxylic acids is 1. The monoisotopic (exact) mass is 371 g/mol. The summed E-state index contributed by atoms with van der Waals surface area (Å²) in [5, 5.41) is 0. The van der Waals surface area contributed by atoms with Gasteiger partial charge in [-0.15, -0.1) is 0 Å². The lowest BCUT2D eigenvalue weighted by molar-refractivity contribution is 0.0579. The highest BCUT2D eigenvalue weighted by Crippen LogP contribution is 2.30. The summed E-state index contributed by atoms with van der Waals surface area (Å²) in [5.41, 5.74) is 1.19. The van der Waals surface area contributed by atoms with Gasteiger partial charge in [0.25, 0.3) is 5.91 Å². The first-order valence-corrected chi connectivity index (χ1v) is 9.39. The number of rotatable bonds is 3. The average molecular weight is 371 g/mol. The normalized spacial score (nSPS) is 22.7. The SMILES string of the molecule is Cc1ccc(C(=O)N2C[C@H]3CC[C@@H]2CN(Cc2cccnc2)C3)c(F)c1F. The van der Waals surface area contributed by atoms with Crippen LogP contribution in [-0.4, -0.2) is 46.4 Å². The van der Waals surface area contributed by atoms with Crippen molar-refractivity contribution in [2.75, 3.05) is 19.6 Å². The summed E-state index contributed by atoms with van der Waals surface area (Å²) in [6, 6.07) is 6.87. The molecular weight excluding hydrogens is 348 g/mol. The van der Waals surface area contributed by atoms with Gasteiger partial charge in [-0.25, -0.2) is 8.78 Å². The summed E-state index contributed by atoms with van der Waals surface area (Å²) in [7, 11) is 0. The van der Waals surface area contributed by atoms with Crippen LogP contribution in [-0.2, 0) is 6.54 Å². The molecule has 27 heavy (non-hydrogen) atoms. The van der Waals surface area contributed by atoms with E-state index >= 15 is 0 Å². The first-order valence-electron chi connectivity index (χ1n) is 9.39. The number of fused-ring (bicyclic) bond motifs is 4. The summed E-state index contributed by atoms with van der Waals surface area (Å²) < 4.78 is 28.3. The van der Waals surface area contributed by atoms with E-state index < -0.39 is 17.5 Å². The molecule has 0 N–H and O–H groups in total. The minimum atomic E-state index is -1.03. The third-order valence-electron chi connectivity index (χ3n) is 5.68. The molecule has 2 aromatic rings. The summed E-state index contributed by atoms with van der Waals surface area (Å²) in [6.07, 6.45) is 5.57. The molecule has 1 aromatic carbocycles. The quantitative estimate of drug-likeness (QED) is 0.830. The van der Waals surface area contributed by atoms with Gasteiger partial charge >= 0.3 is 0 Å². The van der Waals surface area contributed by atoms with Gasteiger partial charge in [0.15, 0.2) is 11.6 Å². The second kappa shape index (κ2) is 7.35. The molecule has 2 bridgehead atoms. The number of nitrogens with zero attached hydrogens (tertiary/aromatic N) is 3. The van der Waals surface area contributed by atoms with Crippen molar-refractivity contribution in [1.82, 2.24) is 14.8 Å². The number of benzene rings is 1. The first-order chi connectivity index (χ1) is 13.0. The van der Waals surface area contributed by atoms with Crippen molar-refractivity contribution >= 4 is 5.91 Å². The zero-order valence-electron chi connectivity index (χ0n) is 15.4. The van der Waals surface area contributed by atoms with Crippen molar-refractivity contribution in [3.8, 4) is 0 Å². The van der Waals surface area contributed by atoms with Gasteiger partial charge in [-0.05, 0) is 48.9 Å². The van der Waals surface area contributed by atoms with E-state index in [1.165, 1.54) is 19.1 Å². The molecule has 1 aromatic heterocycles. The van der Waals surface area contributed by atoms with Crippen molar-refractivity contribution in [1.29, 1.82) is 0 Å². The van der Waals surface area contributed by atoms with Gasteiger partial charge in [-0.1, -0.05) is 12.1 Å². The van der Waals surface area contributed by atoms with E-state index in [1.54, 1.807) is 11.1 Å². The summed E-state index contributed by atoms with van der Waals surface area (Å²) in [6.45, 7) is 4.53. The molecule has 3 aliphatic rings. The molecule has 2 atom stereocenters. The number of aromatic nitrogens is 1. The number of hydrogen-bond donors (Lipinski definition) is 0. The van der Waals surface area contributed by atoms with E-state index in [0.717, 1.165) is 38.0 Å². The molecule has 4 heterocycles. The number of piperidine rings is 1. The maximum absolute atomic E-state index is 14.3. The second-order valence-corrected chi connectivity index (χ2v) is 7.67. The Morgan fingerprint density at radius 1 is 1.15 bits per heavy atom. The van der Waals surface area contributed by atoms with E-state index in [-0.39, 0.29) is 17.2 Å². The van der Waals surface area contributed by atoms with Crippen molar-refractivity contribution in [2.24, 2.45) is 5.92 Å². The molecular formula is C21H23F2N3O. The van der Waals surface area contributed by atoms with Crippen LogP contribution >= 0.6 is 0 Å². The number of pyridine rings is 1. The minimum absolute atomic E-state index is 0.0247. The maximum atomic E-state index is 14.3. The smallest absolute Gasteiger partial charge is 0.257 e. The Hall–Kier alpha value is -2.34. The summed E-state index contributed by atoms with van der Waals surface area (Å²) >= 11 is 0. The van der Waals surface area contributed by atoms with Crippen molar-refractivity contribution in [2.45, 2.75) is 32.4 Å². The van der Waals surface area contributed by atoms with E-state index in [1.807, 2.05) is 18.3 Å². The van der Waals surface area contributed by atoms with Crippen LogP contribution in [0.2, 0.25) is 0 Å². The van der Waals surface area contributed by atoms with Gasteiger partial charge < -0.3 is 4.90 Å². The zero-order chi connectivity index (χ0) is 19.0. The second-order valence-electron chi connectivity index (χ2n) is 7.67. The Kier molecular flexibility index (Phi) is 4.91. The van der Waals surface area contributed by atoms with Crippen LogP contribution in [0.4, 0.5) is 8.78 Å². The third-order valence-corrected chi connectivity index (χ3v) is 5.68. The molecule has 3 aliphatic heterocycles. The highest BCUT2D eigenvalue weighted by molar-refractivity contribution is 5.95. The van der Waals surface area contributed by atoms with Gasteiger partial charge in [-0.3, -0.25) is 14.7 Å². The largest absolute Gasteiger partial charge is 0.334 e. The Bertz CT molecular complexity index is 843. The minimum Gasteiger partial charge on any atom is -0.334 e. The maximum Gasteiger partial charge on any atom is 0.257 e. The lowest BCUT2D eigenvalue weighted by Gasteiger charge is -2.36. The topological polar surface area (TPSA) is 36.4 Å². The Labute approximate surface area is 157 Å². The fourth-order valence-electron chi connectivity index (χ4n) is 4.27. The number of carbonyl (C=O) groups is 1. The molecule has 4 nitrogen and oxygen atoms in total. The molecule has 3 saturated heterocycles. The van der Waals surface area contributed by atoms with E-state index in [2.05, 4.69) is 9.88 Å². The molecule has 6 heteroatoms. The fourth-order valence-corrected chi connectivity index (χ4v) is 4.27. The van der Waals surface area contributed by atoms with E-state index in [0.29, 0.717) is 12.5 Å². The van der Waals surface area contributed by atoms with Crippen LogP contribution in [0.25, 0.3) is 0 Å². The standard InChI is InChI=1S/C21H23F2N3O/c1-14-4-7-18(20(23)19(14)22)21(27)26-12-16-5-6-17(26)13-25(11-16)10-15-3-2-8-24-9-15/h2-4,7-9,16-17H,5-6,10-13H2,1H3/t16-,17+/m0/s1. The van der Waals surface area contributed by atoms with Crippen LogP contribution in [0.15, 0.2) is 36.7 Å². The van der Waals surface area contributed by atoms with Gasteiger partial charge in [0.05, 0.1) is 5.56 Å². The Morgan fingerprint density at radius 3 is 2.78 bits per heavy atom. The van der Waals surface area contributed by atoms with Gasteiger partial charge in [0, 0.05) is 44.6 Å². The predicted octanol–water partition coefficient (Wildman–Crippen LogP) is 3.40. The molecule has 142 valence electrons. The van der Waals surface area contributed by atoms with Gasteiger partial charge in [0.2, 0.25) is 0 Å². The van der Waals surface area contributed by atoms with Crippen LogP contribution in [0, 0.1) is 24.5 Å². The fraction of sp³-hybridized carbons (Fsp3) is 0.429. The van der Waals surface area contributed by atoms with Gasteiger partial charge in [0.1, 0.15) is 0 Å². The first kappa shape index (κ1) is 18.0. The molecule has 5 rings (SSSR count). The number of amides is 1. The molecule has 0 unspecified atom stereocenters. The van der Waals surface area contributed by atoms with Crippen molar-refractivity contribution in [3.05, 3.63) is 65.0 Å². The van der Waals surface area contributed by atoms with Crippen molar-refractivity contribution in [3.63, 3.8) is 0 Å². The van der Waals surface area contributed by atoms with Crippen LogP contribution in [0.1, 0.15) is 34.3 Å². The molecule has 1 amide bonds. The average Bonchev–Trinajstić information content (AvgIpc) is 2.97. The summed E-state index contributed by atoms with van der Waals surface area (Å²) in [4.78, 5) is 21.2. The van der Waals surface area contributed by atoms with Gasteiger partial charge in [-0.2, -0.15) is 0 Å². The molecule has 0 saturated carbocycles. The predicted molar refractivity (Wildman–Crippen MR) is 98.2 cm³/mol. The lowest BCUT2D eigenvalue weighted by atomic mass is 9.94. The lowest BCUT2D eigenvalue weighted by Crippen LogP contribution is -2.47. The highest BCUT2D eigenvalue weighted by Gasteiger charge is 2.38. The molecule has 0 radical (unpaired) electrons. The third kappa shape index (κ3) is 3.58. The number of hydrogen-bond acceptors (Lipinski definition) is 3. The molecule has 0 aliphatic carbocycles. The van der Waals surface area contributed by atoms with Crippen molar-refractivity contribution < 1.29 is 13.6 Å². The summed E-state index contributed by atoms with van der Waals surface area (Å²) in [5.74, 6) is -2.02. The van der Waals surface area contributed by atoms with Crippen LogP contribution < -0.4 is 0 Å². The Balaban J connectivity index is 1.54. The number of halogens is 2.